The Morgan fingerprint density at radius 3 is 2.76 bits per heavy atom. The number of nitrogens with one attached hydrogen (secondary N) is 2. The molecule has 10 heteroatoms. The molecule has 1 aliphatic rings. The second-order valence-corrected chi connectivity index (χ2v) is 7.04. The summed E-state index contributed by atoms with van der Waals surface area (Å²) in [6.07, 6.45) is 3.27. The average molecular weight is 407 g/mol. The van der Waals surface area contributed by atoms with E-state index in [4.69, 9.17) is 0 Å². The Hall–Kier alpha value is -4.05. The minimum atomic E-state index is -0.471. The molecule has 4 rings (SSSR count). The molecule has 0 amide bonds. The highest BCUT2D eigenvalue weighted by Crippen LogP contribution is 2.26. The number of phenols is 1. The van der Waals surface area contributed by atoms with E-state index in [1.54, 1.807) is 30.3 Å². The zero-order valence-electron chi connectivity index (χ0n) is 14.7. The van der Waals surface area contributed by atoms with Gasteiger partial charge in [-0.25, -0.2) is 0 Å². The van der Waals surface area contributed by atoms with E-state index < -0.39 is 4.92 Å². The van der Waals surface area contributed by atoms with Gasteiger partial charge in [-0.15, -0.1) is 5.10 Å². The summed E-state index contributed by atoms with van der Waals surface area (Å²) in [5.41, 5.74) is 2.29. The summed E-state index contributed by atoms with van der Waals surface area (Å²) in [4.78, 5) is 25.6. The fraction of sp³-hybridized carbons (Fsp3) is 0. The lowest BCUT2D eigenvalue weighted by Crippen LogP contribution is -2.03. The number of aromatic nitrogens is 1. The van der Waals surface area contributed by atoms with E-state index in [9.17, 15) is 20.0 Å². The Balaban J connectivity index is 1.67. The standard InChI is InChI=1S/C19H13N5O4S/c25-15-6-4-13(5-7-15)21-18-16(29-19(26)22-18)9-12-10-20-23-17(12)11-2-1-3-14(8-11)24(27)28/h1-10,21,25H,(H,22,26)/b12-9-. The fourth-order valence-corrected chi connectivity index (χ4v) is 3.47. The van der Waals surface area contributed by atoms with Gasteiger partial charge in [0, 0.05) is 29.0 Å². The van der Waals surface area contributed by atoms with Gasteiger partial charge in [0.2, 0.25) is 0 Å². The molecule has 3 aromatic rings. The molecule has 0 radical (unpaired) electrons. The Morgan fingerprint density at radius 1 is 1.21 bits per heavy atom. The Labute approximate surface area is 167 Å². The number of allylic oxidation sites excluding steroid dienone is 1. The maximum Gasteiger partial charge on any atom is 0.306 e. The number of benzene rings is 2. The van der Waals surface area contributed by atoms with Crippen LogP contribution in [0, 0.1) is 10.1 Å². The first-order chi connectivity index (χ1) is 14.0. The molecule has 2 heterocycles. The molecule has 0 bridgehead atoms. The molecular formula is C19H13N5O4S. The van der Waals surface area contributed by atoms with Crippen molar-refractivity contribution in [3.05, 3.63) is 84.3 Å². The van der Waals surface area contributed by atoms with Gasteiger partial charge in [-0.3, -0.25) is 19.9 Å². The van der Waals surface area contributed by atoms with Gasteiger partial charge in [0.15, 0.2) is 0 Å². The first-order valence-electron chi connectivity index (χ1n) is 8.37. The van der Waals surface area contributed by atoms with Gasteiger partial charge < -0.3 is 10.4 Å². The summed E-state index contributed by atoms with van der Waals surface area (Å²) in [5.74, 6) is 0.619. The van der Waals surface area contributed by atoms with Crippen molar-refractivity contribution in [3.8, 4) is 5.75 Å². The average Bonchev–Trinajstić information content (AvgIpc) is 3.30. The Morgan fingerprint density at radius 2 is 2.00 bits per heavy atom. The van der Waals surface area contributed by atoms with Crippen LogP contribution in [0.2, 0.25) is 0 Å². The van der Waals surface area contributed by atoms with Crippen LogP contribution in [0.4, 0.5) is 17.2 Å². The third-order valence-electron chi connectivity index (χ3n) is 4.06. The fourth-order valence-electron chi connectivity index (χ4n) is 2.73. The molecule has 2 aromatic carbocycles. The first-order valence-corrected chi connectivity index (χ1v) is 9.18. The van der Waals surface area contributed by atoms with Crippen molar-refractivity contribution in [2.45, 2.75) is 0 Å². The van der Waals surface area contributed by atoms with Gasteiger partial charge in [-0.1, -0.05) is 23.5 Å². The van der Waals surface area contributed by atoms with Crippen molar-refractivity contribution < 1.29 is 10.0 Å². The number of rotatable bonds is 5. The third kappa shape index (κ3) is 3.96. The molecule has 1 aromatic heterocycles. The van der Waals surface area contributed by atoms with Crippen LogP contribution < -0.4 is 10.2 Å². The van der Waals surface area contributed by atoms with E-state index in [-0.39, 0.29) is 16.3 Å². The van der Waals surface area contributed by atoms with E-state index in [1.165, 1.54) is 30.5 Å². The van der Waals surface area contributed by atoms with Crippen LogP contribution in [0.15, 0.2) is 69.1 Å². The van der Waals surface area contributed by atoms with Crippen LogP contribution in [-0.2, 0) is 0 Å². The minimum Gasteiger partial charge on any atom is -0.508 e. The number of nitro benzene ring substituents is 1. The largest absolute Gasteiger partial charge is 0.508 e. The summed E-state index contributed by atoms with van der Waals surface area (Å²) in [7, 11) is 0. The number of aromatic hydroxyl groups is 1. The van der Waals surface area contributed by atoms with Gasteiger partial charge in [0.1, 0.15) is 17.3 Å². The summed E-state index contributed by atoms with van der Waals surface area (Å²) in [6.45, 7) is 0. The van der Waals surface area contributed by atoms with Gasteiger partial charge >= 0.3 is 4.87 Å². The molecule has 0 fully saturated rings. The number of aromatic amines is 1. The normalized spacial score (nSPS) is 14.2. The number of anilines is 2. The van der Waals surface area contributed by atoms with Crippen LogP contribution >= 0.6 is 11.3 Å². The second-order valence-electron chi connectivity index (χ2n) is 6.03. The van der Waals surface area contributed by atoms with E-state index >= 15 is 0 Å². The number of phenolic OH excluding ortho intramolecular Hbond substituents is 1. The maximum atomic E-state index is 11.9. The number of hydrogen-bond donors (Lipinski definition) is 3. The predicted octanol–water partition coefficient (Wildman–Crippen LogP) is 3.67. The molecule has 0 saturated carbocycles. The summed E-state index contributed by atoms with van der Waals surface area (Å²) < 4.78 is 0. The number of hydrogen-bond acceptors (Lipinski definition) is 8. The number of thiazole rings is 1. The van der Waals surface area contributed by atoms with Crippen LogP contribution in [0.3, 0.4) is 0 Å². The van der Waals surface area contributed by atoms with Crippen molar-refractivity contribution >= 4 is 46.5 Å². The van der Waals surface area contributed by atoms with E-state index in [2.05, 4.69) is 20.5 Å². The van der Waals surface area contributed by atoms with Crippen LogP contribution in [0.1, 0.15) is 10.4 Å². The molecule has 29 heavy (non-hydrogen) atoms. The van der Waals surface area contributed by atoms with Crippen LogP contribution in [-0.4, -0.2) is 26.9 Å². The lowest BCUT2D eigenvalue weighted by molar-refractivity contribution is -0.384. The van der Waals surface area contributed by atoms with E-state index in [0.29, 0.717) is 33.2 Å². The van der Waals surface area contributed by atoms with Crippen LogP contribution in [0.5, 0.6) is 5.75 Å². The molecule has 144 valence electrons. The van der Waals surface area contributed by atoms with E-state index in [1.807, 2.05) is 0 Å². The summed E-state index contributed by atoms with van der Waals surface area (Å²) in [6, 6.07) is 12.5. The molecule has 0 aliphatic carbocycles. The number of non-ortho nitro benzene ring substituents is 1. The number of nitrogens with zero attached hydrogens (tertiary/aromatic N) is 3. The smallest absolute Gasteiger partial charge is 0.306 e. The zero-order chi connectivity index (χ0) is 20.4. The van der Waals surface area contributed by atoms with Gasteiger partial charge in [-0.2, -0.15) is 5.10 Å². The quantitative estimate of drug-likeness (QED) is 0.337. The van der Waals surface area contributed by atoms with Gasteiger partial charge in [0.05, 0.1) is 16.0 Å². The summed E-state index contributed by atoms with van der Waals surface area (Å²) in [5, 5.41) is 31.5. The second kappa shape index (κ2) is 7.52. The van der Waals surface area contributed by atoms with E-state index in [0.717, 1.165) is 11.3 Å². The van der Waals surface area contributed by atoms with Crippen molar-refractivity contribution in [1.29, 1.82) is 0 Å². The van der Waals surface area contributed by atoms with Crippen molar-refractivity contribution in [2.75, 3.05) is 5.32 Å². The molecule has 0 saturated heterocycles. The third-order valence-corrected chi connectivity index (χ3v) is 4.89. The lowest BCUT2D eigenvalue weighted by atomic mass is 10.0. The highest BCUT2D eigenvalue weighted by atomic mass is 32.1. The Bertz CT molecular complexity index is 1240. The molecule has 9 nitrogen and oxygen atoms in total. The Kier molecular flexibility index (Phi) is 4.75. The monoisotopic (exact) mass is 407 g/mol. The first kappa shape index (κ1) is 18.3. The predicted molar refractivity (Wildman–Crippen MR) is 112 cm³/mol. The summed E-state index contributed by atoms with van der Waals surface area (Å²) >= 11 is 1.00. The van der Waals surface area contributed by atoms with Crippen molar-refractivity contribution in [3.63, 3.8) is 0 Å². The molecular weight excluding hydrogens is 394 g/mol. The number of H-pyrrole nitrogens is 1. The molecule has 0 unspecified atom stereocenters. The maximum absolute atomic E-state index is 11.9. The molecule has 0 atom stereocenters. The highest BCUT2D eigenvalue weighted by molar-refractivity contribution is 7.10. The van der Waals surface area contributed by atoms with Crippen molar-refractivity contribution in [1.82, 2.24) is 4.98 Å². The molecule has 1 aliphatic heterocycles. The van der Waals surface area contributed by atoms with Gasteiger partial charge in [0.25, 0.3) is 5.69 Å². The molecule has 3 N–H and O–H groups in total. The van der Waals surface area contributed by atoms with Gasteiger partial charge in [-0.05, 0) is 30.3 Å². The minimum absolute atomic E-state index is 0.0440. The topological polar surface area (TPSA) is 133 Å². The van der Waals surface area contributed by atoms with Crippen LogP contribution in [0.25, 0.3) is 6.08 Å². The number of nitro groups is 1. The molecule has 0 spiro atoms. The lowest BCUT2D eigenvalue weighted by Gasteiger charge is -2.06. The van der Waals surface area contributed by atoms with Crippen molar-refractivity contribution in [2.24, 2.45) is 10.2 Å². The SMILES string of the molecule is O=c1[nH]c(Nc2ccc(O)cc2)c(/C=C2/C=NN=C2c2cccc([N+](=O)[O-])c2)s1. The highest BCUT2D eigenvalue weighted by Gasteiger charge is 2.18. The zero-order valence-corrected chi connectivity index (χ0v) is 15.5.